The molecule has 30 heavy (non-hydrogen) atoms. The molecule has 4 aliphatic rings. The summed E-state index contributed by atoms with van der Waals surface area (Å²) in [5, 5.41) is 0. The van der Waals surface area contributed by atoms with E-state index in [1.54, 1.807) is 0 Å². The van der Waals surface area contributed by atoms with E-state index in [2.05, 4.69) is 9.88 Å². The van der Waals surface area contributed by atoms with Crippen LogP contribution in [0.4, 0.5) is 5.69 Å². The fourth-order valence-electron chi connectivity index (χ4n) is 5.27. The average molecular weight is 413 g/mol. The first kappa shape index (κ1) is 19.9. The summed E-state index contributed by atoms with van der Waals surface area (Å²) in [6.45, 7) is 6.50. The molecule has 1 atom stereocenters. The van der Waals surface area contributed by atoms with Crippen molar-refractivity contribution in [2.45, 2.75) is 57.1 Å². The third-order valence-corrected chi connectivity index (χ3v) is 7.33. The molecule has 7 nitrogen and oxygen atoms in total. The summed E-state index contributed by atoms with van der Waals surface area (Å²) in [7, 11) is 0. The normalized spacial score (nSPS) is 27.1. The zero-order valence-electron chi connectivity index (χ0n) is 17.9. The van der Waals surface area contributed by atoms with E-state index in [-0.39, 0.29) is 17.9 Å². The van der Waals surface area contributed by atoms with Gasteiger partial charge in [-0.2, -0.15) is 0 Å². The Morgan fingerprint density at radius 2 is 1.97 bits per heavy atom. The van der Waals surface area contributed by atoms with Crippen LogP contribution in [0.15, 0.2) is 18.3 Å². The van der Waals surface area contributed by atoms with Gasteiger partial charge >= 0.3 is 0 Å². The van der Waals surface area contributed by atoms with Crippen LogP contribution in [0.25, 0.3) is 0 Å². The first-order chi connectivity index (χ1) is 14.6. The van der Waals surface area contributed by atoms with Crippen molar-refractivity contribution in [3.8, 4) is 0 Å². The number of rotatable bonds is 4. The number of aryl methyl sites for hydroxylation is 1. The van der Waals surface area contributed by atoms with Crippen LogP contribution in [0.1, 0.15) is 44.2 Å². The maximum absolute atomic E-state index is 13.9. The summed E-state index contributed by atoms with van der Waals surface area (Å²) in [6, 6.07) is 3.97. The minimum absolute atomic E-state index is 0.110. The minimum Gasteiger partial charge on any atom is -0.368 e. The molecule has 0 aromatic carbocycles. The van der Waals surface area contributed by atoms with Gasteiger partial charge < -0.3 is 14.5 Å². The Hall–Kier alpha value is -1.99. The lowest BCUT2D eigenvalue weighted by atomic mass is 9.81. The second-order valence-electron chi connectivity index (χ2n) is 9.36. The van der Waals surface area contributed by atoms with Gasteiger partial charge in [0.05, 0.1) is 11.9 Å². The number of piperazine rings is 1. The zero-order valence-corrected chi connectivity index (χ0v) is 17.9. The van der Waals surface area contributed by atoms with Crippen molar-refractivity contribution >= 4 is 17.5 Å². The molecule has 1 aromatic heterocycles. The molecule has 7 heteroatoms. The van der Waals surface area contributed by atoms with E-state index in [0.29, 0.717) is 39.1 Å². The van der Waals surface area contributed by atoms with Crippen LogP contribution in [0.5, 0.6) is 0 Å². The van der Waals surface area contributed by atoms with Gasteiger partial charge in [0.1, 0.15) is 11.6 Å². The Labute approximate surface area is 178 Å². The van der Waals surface area contributed by atoms with E-state index < -0.39 is 5.54 Å². The maximum atomic E-state index is 13.9. The number of carbonyl (C=O) groups excluding carboxylic acids is 2. The van der Waals surface area contributed by atoms with Gasteiger partial charge in [0, 0.05) is 45.0 Å². The molecule has 1 aliphatic carbocycles. The van der Waals surface area contributed by atoms with Crippen molar-refractivity contribution in [2.24, 2.45) is 5.92 Å². The van der Waals surface area contributed by atoms with Crippen molar-refractivity contribution in [1.29, 1.82) is 0 Å². The molecule has 1 saturated carbocycles. The number of carbonyl (C=O) groups is 2. The van der Waals surface area contributed by atoms with E-state index in [9.17, 15) is 9.59 Å². The number of amides is 2. The van der Waals surface area contributed by atoms with E-state index in [0.717, 1.165) is 43.2 Å². The predicted octanol–water partition coefficient (Wildman–Crippen LogP) is 1.99. The van der Waals surface area contributed by atoms with Gasteiger partial charge in [0.25, 0.3) is 5.91 Å². The Morgan fingerprint density at radius 1 is 1.17 bits per heavy atom. The zero-order chi connectivity index (χ0) is 20.7. The van der Waals surface area contributed by atoms with Gasteiger partial charge in [0.15, 0.2) is 0 Å². The standard InChI is InChI=1S/C23H32N4O3/c1-17-4-7-19(15-24-17)27-13-12-26(16-18-5-6-18)23(22(27)29)8-10-25(11-9-23)21(28)20-3-2-14-30-20/h4,7,15,18,20H,2-3,5-6,8-14,16H2,1H3/t20-/m1/s1. The monoisotopic (exact) mass is 412 g/mol. The number of ether oxygens (including phenoxy) is 1. The topological polar surface area (TPSA) is 66.0 Å². The molecular formula is C23H32N4O3. The van der Waals surface area contributed by atoms with Crippen LogP contribution in [0, 0.1) is 12.8 Å². The quantitative estimate of drug-likeness (QED) is 0.757. The van der Waals surface area contributed by atoms with Gasteiger partial charge in [-0.1, -0.05) is 0 Å². The number of aromatic nitrogens is 1. The average Bonchev–Trinajstić information content (AvgIpc) is 3.41. The Kier molecular flexibility index (Phi) is 5.27. The summed E-state index contributed by atoms with van der Waals surface area (Å²) < 4.78 is 5.61. The second-order valence-corrected chi connectivity index (χ2v) is 9.36. The second kappa shape index (κ2) is 7.93. The minimum atomic E-state index is -0.501. The number of likely N-dealkylation sites (tertiary alicyclic amines) is 1. The number of pyridine rings is 1. The molecular weight excluding hydrogens is 380 g/mol. The lowest BCUT2D eigenvalue weighted by molar-refractivity contribution is -0.149. The molecule has 4 heterocycles. The van der Waals surface area contributed by atoms with Crippen LogP contribution in [-0.4, -0.2) is 77.6 Å². The molecule has 1 spiro atoms. The fraction of sp³-hybridized carbons (Fsp3) is 0.696. The molecule has 162 valence electrons. The number of hydrogen-bond donors (Lipinski definition) is 0. The summed E-state index contributed by atoms with van der Waals surface area (Å²) in [5.74, 6) is 1.03. The molecule has 0 bridgehead atoms. The first-order valence-corrected chi connectivity index (χ1v) is 11.5. The van der Waals surface area contributed by atoms with E-state index in [1.807, 2.05) is 35.1 Å². The fourth-order valence-corrected chi connectivity index (χ4v) is 5.27. The van der Waals surface area contributed by atoms with Gasteiger partial charge in [0.2, 0.25) is 5.91 Å². The van der Waals surface area contributed by atoms with Crippen molar-refractivity contribution in [3.05, 3.63) is 24.0 Å². The van der Waals surface area contributed by atoms with E-state index in [4.69, 9.17) is 4.74 Å². The summed E-state index contributed by atoms with van der Waals surface area (Å²) in [4.78, 5) is 37.4. The number of piperidine rings is 1. The van der Waals surface area contributed by atoms with E-state index >= 15 is 0 Å². The molecule has 2 amide bonds. The van der Waals surface area contributed by atoms with Crippen molar-refractivity contribution in [2.75, 3.05) is 44.2 Å². The third kappa shape index (κ3) is 3.62. The lowest BCUT2D eigenvalue weighted by Crippen LogP contribution is -2.69. The lowest BCUT2D eigenvalue weighted by Gasteiger charge is -2.53. The van der Waals surface area contributed by atoms with E-state index in [1.165, 1.54) is 12.8 Å². The molecule has 3 saturated heterocycles. The molecule has 3 aliphatic heterocycles. The van der Waals surface area contributed by atoms with Crippen LogP contribution < -0.4 is 4.90 Å². The van der Waals surface area contributed by atoms with Crippen molar-refractivity contribution in [3.63, 3.8) is 0 Å². The highest BCUT2D eigenvalue weighted by molar-refractivity contribution is 6.01. The highest BCUT2D eigenvalue weighted by Gasteiger charge is 2.52. The smallest absolute Gasteiger partial charge is 0.251 e. The van der Waals surface area contributed by atoms with Gasteiger partial charge in [-0.25, -0.2) is 0 Å². The SMILES string of the molecule is Cc1ccc(N2CCN(CC3CC3)C3(CCN(C(=O)[C@H]4CCCO4)CC3)C2=O)cn1. The van der Waals surface area contributed by atoms with Gasteiger partial charge in [-0.05, 0) is 63.5 Å². The van der Waals surface area contributed by atoms with Crippen LogP contribution >= 0.6 is 0 Å². The van der Waals surface area contributed by atoms with Crippen LogP contribution in [-0.2, 0) is 14.3 Å². The van der Waals surface area contributed by atoms with Crippen LogP contribution in [0.3, 0.4) is 0 Å². The largest absolute Gasteiger partial charge is 0.368 e. The molecule has 1 aromatic rings. The molecule has 5 rings (SSSR count). The van der Waals surface area contributed by atoms with Gasteiger partial charge in [-0.15, -0.1) is 0 Å². The third-order valence-electron chi connectivity index (χ3n) is 7.33. The Bertz CT molecular complexity index is 793. The van der Waals surface area contributed by atoms with Crippen LogP contribution in [0.2, 0.25) is 0 Å². The Balaban J connectivity index is 1.35. The van der Waals surface area contributed by atoms with Gasteiger partial charge in [-0.3, -0.25) is 19.5 Å². The summed E-state index contributed by atoms with van der Waals surface area (Å²) in [6.07, 6.45) is 7.26. The number of nitrogens with zero attached hydrogens (tertiary/aromatic N) is 4. The first-order valence-electron chi connectivity index (χ1n) is 11.5. The number of anilines is 1. The van der Waals surface area contributed by atoms with Crippen molar-refractivity contribution < 1.29 is 14.3 Å². The highest BCUT2D eigenvalue weighted by Crippen LogP contribution is 2.39. The molecule has 0 N–H and O–H groups in total. The Morgan fingerprint density at radius 3 is 2.60 bits per heavy atom. The van der Waals surface area contributed by atoms with Crippen molar-refractivity contribution in [1.82, 2.24) is 14.8 Å². The molecule has 0 unspecified atom stereocenters. The highest BCUT2D eigenvalue weighted by atomic mass is 16.5. The maximum Gasteiger partial charge on any atom is 0.251 e. The predicted molar refractivity (Wildman–Crippen MR) is 113 cm³/mol. The molecule has 0 radical (unpaired) electrons. The summed E-state index contributed by atoms with van der Waals surface area (Å²) in [5.41, 5.74) is 1.34. The molecule has 4 fully saturated rings. The number of hydrogen-bond acceptors (Lipinski definition) is 5. The summed E-state index contributed by atoms with van der Waals surface area (Å²) >= 11 is 0.